The Kier molecular flexibility index (Phi) is 7.41. The molecule has 1 aromatic heterocycles. The number of nitrogen functional groups attached to an aromatic ring is 1. The summed E-state index contributed by atoms with van der Waals surface area (Å²) >= 11 is 0. The smallest absolute Gasteiger partial charge is 0.407 e. The summed E-state index contributed by atoms with van der Waals surface area (Å²) in [6.45, 7) is 9.51. The second-order valence-corrected chi connectivity index (χ2v) is 6.41. The van der Waals surface area contributed by atoms with Gasteiger partial charge in [-0.25, -0.2) is 14.8 Å². The van der Waals surface area contributed by atoms with Gasteiger partial charge in [0.2, 0.25) is 0 Å². The quantitative estimate of drug-likeness (QED) is 0.495. The monoisotopic (exact) mass is 336 g/mol. The van der Waals surface area contributed by atoms with Crippen LogP contribution in [0.15, 0.2) is 6.33 Å². The Labute approximate surface area is 143 Å². The van der Waals surface area contributed by atoms with E-state index in [0.717, 1.165) is 19.4 Å². The number of aromatic nitrogens is 2. The Hall–Kier alpha value is -2.38. The fourth-order valence-corrected chi connectivity index (χ4v) is 2.16. The lowest BCUT2D eigenvalue weighted by Gasteiger charge is -2.25. The van der Waals surface area contributed by atoms with Gasteiger partial charge in [0.15, 0.2) is 0 Å². The minimum atomic E-state index is -0.504. The van der Waals surface area contributed by atoms with Crippen LogP contribution in [-0.2, 0) is 4.74 Å². The van der Waals surface area contributed by atoms with Crippen molar-refractivity contribution in [2.75, 3.05) is 30.3 Å². The van der Waals surface area contributed by atoms with Gasteiger partial charge in [-0.15, -0.1) is 0 Å². The minimum absolute atomic E-state index is 0.294. The molecule has 1 rings (SSSR count). The van der Waals surface area contributed by atoms with Crippen LogP contribution >= 0.6 is 0 Å². The van der Waals surface area contributed by atoms with Crippen LogP contribution < -0.4 is 16.0 Å². The first-order chi connectivity index (χ1) is 11.3. The Morgan fingerprint density at radius 1 is 1.42 bits per heavy atom. The van der Waals surface area contributed by atoms with E-state index in [4.69, 9.17) is 15.9 Å². The van der Waals surface area contributed by atoms with Gasteiger partial charge in [0.05, 0.1) is 5.56 Å². The number of amides is 1. The molecular weight excluding hydrogens is 308 g/mol. The van der Waals surface area contributed by atoms with Crippen molar-refractivity contribution in [3.63, 3.8) is 0 Å². The maximum absolute atomic E-state index is 11.6. The predicted octanol–water partition coefficient (Wildman–Crippen LogP) is 2.19. The van der Waals surface area contributed by atoms with E-state index < -0.39 is 11.7 Å². The molecule has 8 nitrogen and oxygen atoms in total. The van der Waals surface area contributed by atoms with E-state index in [-0.39, 0.29) is 0 Å². The Morgan fingerprint density at radius 3 is 2.71 bits per heavy atom. The highest BCUT2D eigenvalue weighted by Crippen LogP contribution is 2.19. The van der Waals surface area contributed by atoms with Crippen LogP contribution in [0.2, 0.25) is 0 Å². The molecule has 0 fully saturated rings. The highest BCUT2D eigenvalue weighted by atomic mass is 16.6. The van der Waals surface area contributed by atoms with Gasteiger partial charge in [-0.3, -0.25) is 0 Å². The van der Waals surface area contributed by atoms with Gasteiger partial charge < -0.3 is 26.1 Å². The van der Waals surface area contributed by atoms with E-state index in [0.29, 0.717) is 30.3 Å². The highest BCUT2D eigenvalue weighted by molar-refractivity contribution is 5.90. The molecule has 0 radical (unpaired) electrons. The van der Waals surface area contributed by atoms with Crippen LogP contribution in [0, 0.1) is 5.41 Å². The van der Waals surface area contributed by atoms with Gasteiger partial charge in [-0.1, -0.05) is 6.92 Å². The molecule has 0 aliphatic carbocycles. The second kappa shape index (κ2) is 9.05. The van der Waals surface area contributed by atoms with Crippen molar-refractivity contribution in [3.8, 4) is 0 Å². The number of nitrogens with one attached hydrogen (secondary N) is 2. The van der Waals surface area contributed by atoms with Crippen LogP contribution in [0.25, 0.3) is 0 Å². The molecule has 0 unspecified atom stereocenters. The maximum Gasteiger partial charge on any atom is 0.407 e. The number of nitrogens with two attached hydrogens (primary N) is 1. The molecule has 134 valence electrons. The molecule has 0 aromatic carbocycles. The lowest BCUT2D eigenvalue weighted by Crippen LogP contribution is -2.35. The van der Waals surface area contributed by atoms with Crippen molar-refractivity contribution in [1.82, 2.24) is 15.3 Å². The van der Waals surface area contributed by atoms with Crippen LogP contribution in [0.5, 0.6) is 0 Å². The number of carbonyl (C=O) groups is 1. The van der Waals surface area contributed by atoms with Crippen LogP contribution in [-0.4, -0.2) is 47.5 Å². The molecule has 1 amide bonds. The molecule has 0 aliphatic heterocycles. The van der Waals surface area contributed by atoms with E-state index >= 15 is 0 Å². The van der Waals surface area contributed by atoms with E-state index in [2.05, 4.69) is 27.1 Å². The molecule has 0 saturated carbocycles. The van der Waals surface area contributed by atoms with E-state index in [1.54, 1.807) is 0 Å². The topological polar surface area (TPSA) is 117 Å². The fourth-order valence-electron chi connectivity index (χ4n) is 2.16. The predicted molar refractivity (Wildman–Crippen MR) is 95.7 cm³/mol. The molecule has 0 saturated heterocycles. The lowest BCUT2D eigenvalue weighted by atomic mass is 10.2. The first kappa shape index (κ1) is 19.7. The zero-order chi connectivity index (χ0) is 18.2. The fraction of sp³-hybridized carbons (Fsp3) is 0.625. The van der Waals surface area contributed by atoms with Gasteiger partial charge in [-0.2, -0.15) is 0 Å². The summed E-state index contributed by atoms with van der Waals surface area (Å²) in [5.41, 5.74) is 5.83. The van der Waals surface area contributed by atoms with Crippen molar-refractivity contribution < 1.29 is 9.53 Å². The summed E-state index contributed by atoms with van der Waals surface area (Å²) in [6, 6.07) is 0. The number of anilines is 2. The summed E-state index contributed by atoms with van der Waals surface area (Å²) in [4.78, 5) is 21.9. The number of hydrogen-bond donors (Lipinski definition) is 3. The molecule has 4 N–H and O–H groups in total. The molecular formula is C16H28N6O2. The Bertz CT molecular complexity index is 556. The zero-order valence-electron chi connectivity index (χ0n) is 14.9. The number of carbonyl (C=O) groups excluding carboxylic acids is 1. The summed E-state index contributed by atoms with van der Waals surface area (Å²) in [6.07, 6.45) is 3.81. The third kappa shape index (κ3) is 6.39. The van der Waals surface area contributed by atoms with Crippen molar-refractivity contribution in [2.24, 2.45) is 0 Å². The summed E-state index contributed by atoms with van der Waals surface area (Å²) in [7, 11) is 0. The molecule has 0 spiro atoms. The second-order valence-electron chi connectivity index (χ2n) is 6.41. The van der Waals surface area contributed by atoms with E-state index in [9.17, 15) is 4.79 Å². The third-order valence-corrected chi connectivity index (χ3v) is 3.10. The van der Waals surface area contributed by atoms with Gasteiger partial charge in [0, 0.05) is 25.8 Å². The molecule has 1 heterocycles. The first-order valence-corrected chi connectivity index (χ1v) is 8.11. The summed E-state index contributed by atoms with van der Waals surface area (Å²) in [5, 5.41) is 10.3. The molecule has 1 aromatic rings. The number of ether oxygens (including phenoxy) is 1. The Morgan fingerprint density at radius 2 is 2.12 bits per heavy atom. The number of alkyl carbamates (subject to hydrolysis) is 1. The van der Waals surface area contributed by atoms with E-state index in [1.807, 2.05) is 20.8 Å². The average Bonchev–Trinajstić information content (AvgIpc) is 2.48. The molecule has 0 atom stereocenters. The van der Waals surface area contributed by atoms with Crippen molar-refractivity contribution in [3.05, 3.63) is 11.9 Å². The van der Waals surface area contributed by atoms with Crippen LogP contribution in [0.4, 0.5) is 16.4 Å². The highest BCUT2D eigenvalue weighted by Gasteiger charge is 2.16. The minimum Gasteiger partial charge on any atom is -0.444 e. The normalized spacial score (nSPS) is 11.0. The lowest BCUT2D eigenvalue weighted by molar-refractivity contribution is 0.0527. The SMILES string of the molecule is CCCN(CCCNC(=O)OC(C)(C)C)c1ncnc(N)c1C=N. The number of hydrogen-bond acceptors (Lipinski definition) is 7. The van der Waals surface area contributed by atoms with Gasteiger partial charge in [0.25, 0.3) is 0 Å². The van der Waals surface area contributed by atoms with Crippen LogP contribution in [0.1, 0.15) is 46.1 Å². The molecule has 24 heavy (non-hydrogen) atoms. The van der Waals surface area contributed by atoms with Gasteiger partial charge in [-0.05, 0) is 33.6 Å². The van der Waals surface area contributed by atoms with Gasteiger partial charge in [0.1, 0.15) is 23.6 Å². The standard InChI is InChI=1S/C16H28N6O2/c1-5-8-22(14-12(10-17)13(18)20-11-21-14)9-6-7-19-15(23)24-16(2,3)4/h10-11,17H,5-9H2,1-4H3,(H,19,23)(H2,18,20,21). The van der Waals surface area contributed by atoms with Crippen molar-refractivity contribution in [2.45, 2.75) is 46.1 Å². The molecule has 0 bridgehead atoms. The average molecular weight is 336 g/mol. The summed E-state index contributed by atoms with van der Waals surface area (Å²) < 4.78 is 5.20. The molecule has 8 heteroatoms. The number of nitrogens with zero attached hydrogens (tertiary/aromatic N) is 3. The van der Waals surface area contributed by atoms with Crippen molar-refractivity contribution in [1.29, 1.82) is 5.41 Å². The third-order valence-electron chi connectivity index (χ3n) is 3.10. The van der Waals surface area contributed by atoms with Gasteiger partial charge >= 0.3 is 6.09 Å². The van der Waals surface area contributed by atoms with Crippen molar-refractivity contribution >= 4 is 23.9 Å². The molecule has 0 aliphatic rings. The maximum atomic E-state index is 11.6. The number of rotatable bonds is 8. The van der Waals surface area contributed by atoms with Crippen LogP contribution in [0.3, 0.4) is 0 Å². The first-order valence-electron chi connectivity index (χ1n) is 8.11. The Balaban J connectivity index is 2.61. The summed E-state index contributed by atoms with van der Waals surface area (Å²) in [5.74, 6) is 0.944. The zero-order valence-corrected chi connectivity index (χ0v) is 14.9. The van der Waals surface area contributed by atoms with E-state index in [1.165, 1.54) is 12.5 Å². The largest absolute Gasteiger partial charge is 0.444 e.